The van der Waals surface area contributed by atoms with Gasteiger partial charge in [0.15, 0.2) is 0 Å². The largest absolute Gasteiger partial charge is 0.274 e. The molecule has 2 aromatic heterocycles. The highest BCUT2D eigenvalue weighted by Gasteiger charge is 2.09. The highest BCUT2D eigenvalue weighted by molar-refractivity contribution is 7.13. The van der Waals surface area contributed by atoms with Crippen molar-refractivity contribution in [3.8, 4) is 10.7 Å². The summed E-state index contributed by atoms with van der Waals surface area (Å²) >= 11 is 1.43. The van der Waals surface area contributed by atoms with E-state index in [0.717, 1.165) is 10.7 Å². The molecule has 6 nitrogen and oxygen atoms in total. The summed E-state index contributed by atoms with van der Waals surface area (Å²) in [5.41, 5.74) is 5.94. The Bertz CT molecular complexity index is 582. The predicted octanol–water partition coefficient (Wildman–Crippen LogP) is 0.915. The molecule has 7 heteroatoms. The van der Waals surface area contributed by atoms with Crippen LogP contribution in [-0.2, 0) is 16.0 Å². The van der Waals surface area contributed by atoms with Crippen LogP contribution < -0.4 is 10.9 Å². The molecule has 0 aliphatic rings. The van der Waals surface area contributed by atoms with E-state index in [1.54, 1.807) is 11.6 Å². The van der Waals surface area contributed by atoms with Crippen molar-refractivity contribution in [1.29, 1.82) is 0 Å². The lowest BCUT2D eigenvalue weighted by Crippen LogP contribution is -2.41. The molecule has 0 aliphatic carbocycles. The zero-order valence-electron chi connectivity index (χ0n) is 10.2. The summed E-state index contributed by atoms with van der Waals surface area (Å²) in [4.78, 5) is 30.6. The summed E-state index contributed by atoms with van der Waals surface area (Å²) < 4.78 is 0. The molecule has 98 valence electrons. The fourth-order valence-corrected chi connectivity index (χ4v) is 2.16. The van der Waals surface area contributed by atoms with E-state index in [2.05, 4.69) is 20.8 Å². The van der Waals surface area contributed by atoms with E-state index in [1.165, 1.54) is 18.3 Å². The Labute approximate surface area is 113 Å². The number of nitrogens with one attached hydrogen (secondary N) is 2. The summed E-state index contributed by atoms with van der Waals surface area (Å²) in [6.07, 6.45) is 1.81. The summed E-state index contributed by atoms with van der Waals surface area (Å²) in [6, 6.07) is 5.58. The molecule has 0 spiro atoms. The number of pyridine rings is 1. The molecule has 0 fully saturated rings. The first kappa shape index (κ1) is 13.2. The SMILES string of the molecule is CC(=O)NNC(=O)Cc1csc(-c2ccccn2)n1. The molecule has 2 amide bonds. The van der Waals surface area contributed by atoms with E-state index in [-0.39, 0.29) is 18.2 Å². The lowest BCUT2D eigenvalue weighted by Gasteiger charge is -2.02. The second-order valence-corrected chi connectivity index (χ2v) is 4.62. The Morgan fingerprint density at radius 3 is 2.84 bits per heavy atom. The minimum Gasteiger partial charge on any atom is -0.274 e. The van der Waals surface area contributed by atoms with Gasteiger partial charge in [-0.15, -0.1) is 11.3 Å². The Morgan fingerprint density at radius 1 is 1.32 bits per heavy atom. The minimum atomic E-state index is -0.319. The van der Waals surface area contributed by atoms with Crippen LogP contribution in [0.2, 0.25) is 0 Å². The number of carbonyl (C=O) groups is 2. The third-order valence-corrected chi connectivity index (χ3v) is 3.07. The van der Waals surface area contributed by atoms with Crippen LogP contribution in [0.4, 0.5) is 0 Å². The maximum absolute atomic E-state index is 11.5. The summed E-state index contributed by atoms with van der Waals surface area (Å²) in [5.74, 6) is -0.631. The van der Waals surface area contributed by atoms with Crippen molar-refractivity contribution < 1.29 is 9.59 Å². The number of hydrogen-bond acceptors (Lipinski definition) is 5. The van der Waals surface area contributed by atoms with Gasteiger partial charge in [0.05, 0.1) is 17.8 Å². The van der Waals surface area contributed by atoms with E-state index >= 15 is 0 Å². The molecule has 0 bridgehead atoms. The van der Waals surface area contributed by atoms with Crippen LogP contribution in [0.15, 0.2) is 29.8 Å². The summed E-state index contributed by atoms with van der Waals surface area (Å²) in [7, 11) is 0. The molecule has 2 N–H and O–H groups in total. The lowest BCUT2D eigenvalue weighted by molar-refractivity contribution is -0.127. The molecule has 2 rings (SSSR count). The molecule has 2 aromatic rings. The van der Waals surface area contributed by atoms with Gasteiger partial charge >= 0.3 is 0 Å². The molecular formula is C12H12N4O2S. The van der Waals surface area contributed by atoms with Gasteiger partial charge in [0.2, 0.25) is 11.8 Å². The normalized spacial score (nSPS) is 9.95. The number of hydrazine groups is 1. The summed E-state index contributed by atoms with van der Waals surface area (Å²) in [5, 5.41) is 2.57. The molecule has 0 aliphatic heterocycles. The Hall–Kier alpha value is -2.28. The van der Waals surface area contributed by atoms with Gasteiger partial charge in [-0.1, -0.05) is 6.07 Å². The topological polar surface area (TPSA) is 84.0 Å². The third kappa shape index (κ3) is 3.85. The van der Waals surface area contributed by atoms with Crippen LogP contribution in [0.3, 0.4) is 0 Å². The Morgan fingerprint density at radius 2 is 2.16 bits per heavy atom. The number of nitrogens with zero attached hydrogens (tertiary/aromatic N) is 2. The second kappa shape index (κ2) is 6.05. The molecule has 0 unspecified atom stereocenters. The van der Waals surface area contributed by atoms with Gasteiger partial charge in [-0.25, -0.2) is 4.98 Å². The lowest BCUT2D eigenvalue weighted by atomic mass is 10.3. The highest BCUT2D eigenvalue weighted by Crippen LogP contribution is 2.21. The maximum atomic E-state index is 11.5. The molecule has 19 heavy (non-hydrogen) atoms. The van der Waals surface area contributed by atoms with Crippen molar-refractivity contribution in [2.75, 3.05) is 0 Å². The monoisotopic (exact) mass is 276 g/mol. The molecular weight excluding hydrogens is 264 g/mol. The number of amides is 2. The third-order valence-electron chi connectivity index (χ3n) is 2.16. The van der Waals surface area contributed by atoms with Crippen LogP contribution in [0.25, 0.3) is 10.7 Å². The van der Waals surface area contributed by atoms with Gasteiger partial charge in [0, 0.05) is 18.5 Å². The van der Waals surface area contributed by atoms with Gasteiger partial charge in [-0.3, -0.25) is 25.4 Å². The van der Waals surface area contributed by atoms with Gasteiger partial charge in [-0.05, 0) is 12.1 Å². The van der Waals surface area contributed by atoms with E-state index in [1.807, 2.05) is 18.2 Å². The molecule has 0 saturated carbocycles. The van der Waals surface area contributed by atoms with Crippen LogP contribution >= 0.6 is 11.3 Å². The Kier molecular flexibility index (Phi) is 4.19. The number of aromatic nitrogens is 2. The molecule has 0 aromatic carbocycles. The average molecular weight is 276 g/mol. The fourth-order valence-electron chi connectivity index (χ4n) is 1.36. The minimum absolute atomic E-state index is 0.115. The van der Waals surface area contributed by atoms with Crippen molar-refractivity contribution in [3.63, 3.8) is 0 Å². The first-order chi connectivity index (χ1) is 9.15. The van der Waals surface area contributed by atoms with Gasteiger partial charge in [0.1, 0.15) is 5.01 Å². The molecule has 0 saturated heterocycles. The number of thiazole rings is 1. The van der Waals surface area contributed by atoms with Crippen molar-refractivity contribution in [2.45, 2.75) is 13.3 Å². The molecule has 2 heterocycles. The van der Waals surface area contributed by atoms with E-state index in [9.17, 15) is 9.59 Å². The average Bonchev–Trinajstić information content (AvgIpc) is 2.86. The number of hydrogen-bond donors (Lipinski definition) is 2. The summed E-state index contributed by atoms with van der Waals surface area (Å²) in [6.45, 7) is 1.32. The fraction of sp³-hybridized carbons (Fsp3) is 0.167. The first-order valence-corrected chi connectivity index (χ1v) is 6.44. The van der Waals surface area contributed by atoms with Crippen molar-refractivity contribution in [1.82, 2.24) is 20.8 Å². The van der Waals surface area contributed by atoms with Gasteiger partial charge < -0.3 is 0 Å². The zero-order valence-corrected chi connectivity index (χ0v) is 11.0. The van der Waals surface area contributed by atoms with Crippen LogP contribution in [0, 0.1) is 0 Å². The standard InChI is InChI=1S/C12H12N4O2S/c1-8(17)15-16-11(18)6-9-7-19-12(14-9)10-4-2-3-5-13-10/h2-5,7H,6H2,1H3,(H,15,17)(H,16,18). The highest BCUT2D eigenvalue weighted by atomic mass is 32.1. The van der Waals surface area contributed by atoms with Gasteiger partial charge in [-0.2, -0.15) is 0 Å². The number of carbonyl (C=O) groups excluding carboxylic acids is 2. The maximum Gasteiger partial charge on any atom is 0.244 e. The smallest absolute Gasteiger partial charge is 0.244 e. The van der Waals surface area contributed by atoms with Crippen LogP contribution in [-0.4, -0.2) is 21.8 Å². The molecule has 0 radical (unpaired) electrons. The van der Waals surface area contributed by atoms with Crippen molar-refractivity contribution in [3.05, 3.63) is 35.5 Å². The zero-order chi connectivity index (χ0) is 13.7. The van der Waals surface area contributed by atoms with E-state index < -0.39 is 0 Å². The van der Waals surface area contributed by atoms with Gasteiger partial charge in [0.25, 0.3) is 0 Å². The predicted molar refractivity (Wildman–Crippen MR) is 71.0 cm³/mol. The van der Waals surface area contributed by atoms with Crippen LogP contribution in [0.5, 0.6) is 0 Å². The number of rotatable bonds is 3. The van der Waals surface area contributed by atoms with E-state index in [4.69, 9.17) is 0 Å². The first-order valence-electron chi connectivity index (χ1n) is 5.56. The molecule has 0 atom stereocenters. The van der Waals surface area contributed by atoms with Crippen molar-refractivity contribution >= 4 is 23.2 Å². The quantitative estimate of drug-likeness (QED) is 0.816. The second-order valence-electron chi connectivity index (χ2n) is 3.77. The van der Waals surface area contributed by atoms with E-state index in [0.29, 0.717) is 5.69 Å². The van der Waals surface area contributed by atoms with Crippen LogP contribution in [0.1, 0.15) is 12.6 Å². The van der Waals surface area contributed by atoms with Crippen molar-refractivity contribution in [2.24, 2.45) is 0 Å². The Balaban J connectivity index is 1.98.